The lowest BCUT2D eigenvalue weighted by atomic mass is 10.2. The highest BCUT2D eigenvalue weighted by Gasteiger charge is 2.19. The van der Waals surface area contributed by atoms with Crippen LogP contribution in [0.15, 0.2) is 36.7 Å². The summed E-state index contributed by atoms with van der Waals surface area (Å²) in [4.78, 5) is 13.4. The lowest BCUT2D eigenvalue weighted by Gasteiger charge is -2.36. The van der Waals surface area contributed by atoms with Crippen LogP contribution in [0.1, 0.15) is 11.1 Å². The fourth-order valence-corrected chi connectivity index (χ4v) is 2.61. The Labute approximate surface area is 125 Å². The average molecular weight is 283 g/mol. The molecule has 0 amide bonds. The second-order valence-electron chi connectivity index (χ2n) is 5.41. The fourth-order valence-electron chi connectivity index (χ4n) is 2.61. The monoisotopic (exact) mass is 283 g/mol. The lowest BCUT2D eigenvalue weighted by Crippen LogP contribution is -2.47. The molecule has 5 nitrogen and oxygen atoms in total. The zero-order chi connectivity index (χ0) is 14.7. The molecule has 1 fully saturated rings. The van der Waals surface area contributed by atoms with E-state index in [2.05, 4.69) is 51.0 Å². The Morgan fingerprint density at radius 3 is 2.33 bits per heavy atom. The van der Waals surface area contributed by atoms with E-state index in [4.69, 9.17) is 5.73 Å². The predicted molar refractivity (Wildman–Crippen MR) is 85.5 cm³/mol. The van der Waals surface area contributed by atoms with Crippen LogP contribution >= 0.6 is 0 Å². The van der Waals surface area contributed by atoms with Crippen molar-refractivity contribution in [2.45, 2.75) is 13.5 Å². The van der Waals surface area contributed by atoms with Crippen LogP contribution in [0.5, 0.6) is 0 Å². The molecule has 5 heteroatoms. The largest absolute Gasteiger partial charge is 0.368 e. The summed E-state index contributed by atoms with van der Waals surface area (Å²) in [6.45, 7) is 6.48. The molecular weight excluding hydrogens is 262 g/mol. The molecular formula is C16H21N5. The minimum atomic E-state index is 0.488. The van der Waals surface area contributed by atoms with E-state index in [-0.39, 0.29) is 0 Å². The van der Waals surface area contributed by atoms with Crippen LogP contribution < -0.4 is 15.5 Å². The molecule has 21 heavy (non-hydrogen) atoms. The SMILES string of the molecule is Cc1cccc(N2CCN(c3ncc(CN)cn3)CC2)c1. The number of aryl methyl sites for hydroxylation is 1. The summed E-state index contributed by atoms with van der Waals surface area (Å²) < 4.78 is 0. The fraction of sp³-hybridized carbons (Fsp3) is 0.375. The predicted octanol–water partition coefficient (Wildman–Crippen LogP) is 1.57. The van der Waals surface area contributed by atoms with Gasteiger partial charge in [-0.25, -0.2) is 9.97 Å². The van der Waals surface area contributed by atoms with Crippen molar-refractivity contribution in [3.05, 3.63) is 47.8 Å². The molecule has 1 aromatic carbocycles. The maximum atomic E-state index is 5.57. The van der Waals surface area contributed by atoms with Crippen LogP contribution in [0, 0.1) is 6.92 Å². The summed E-state index contributed by atoms with van der Waals surface area (Å²) in [5.74, 6) is 0.802. The number of nitrogens with zero attached hydrogens (tertiary/aromatic N) is 4. The molecule has 1 saturated heterocycles. The first-order chi connectivity index (χ1) is 10.3. The third kappa shape index (κ3) is 3.13. The number of aromatic nitrogens is 2. The van der Waals surface area contributed by atoms with Gasteiger partial charge in [0.15, 0.2) is 0 Å². The first kappa shape index (κ1) is 13.8. The Hall–Kier alpha value is -2.14. The Balaban J connectivity index is 1.64. The smallest absolute Gasteiger partial charge is 0.225 e. The van der Waals surface area contributed by atoms with E-state index >= 15 is 0 Å². The number of anilines is 2. The minimum absolute atomic E-state index is 0.488. The summed E-state index contributed by atoms with van der Waals surface area (Å²) in [7, 11) is 0. The van der Waals surface area contributed by atoms with Gasteiger partial charge in [0, 0.05) is 56.4 Å². The van der Waals surface area contributed by atoms with E-state index in [1.165, 1.54) is 11.3 Å². The molecule has 2 N–H and O–H groups in total. The number of hydrogen-bond donors (Lipinski definition) is 1. The van der Waals surface area contributed by atoms with Crippen LogP contribution in [-0.2, 0) is 6.54 Å². The van der Waals surface area contributed by atoms with Crippen molar-refractivity contribution in [3.63, 3.8) is 0 Å². The summed E-state index contributed by atoms with van der Waals surface area (Å²) in [5, 5.41) is 0. The second-order valence-corrected chi connectivity index (χ2v) is 5.41. The molecule has 110 valence electrons. The Morgan fingerprint density at radius 1 is 1.05 bits per heavy atom. The van der Waals surface area contributed by atoms with Gasteiger partial charge in [0.1, 0.15) is 0 Å². The van der Waals surface area contributed by atoms with E-state index in [1.807, 2.05) is 12.4 Å². The van der Waals surface area contributed by atoms with Gasteiger partial charge >= 0.3 is 0 Å². The highest BCUT2D eigenvalue weighted by molar-refractivity contribution is 5.50. The van der Waals surface area contributed by atoms with E-state index in [0.717, 1.165) is 37.7 Å². The van der Waals surface area contributed by atoms with E-state index in [1.54, 1.807) is 0 Å². The van der Waals surface area contributed by atoms with Crippen LogP contribution in [0.2, 0.25) is 0 Å². The quantitative estimate of drug-likeness (QED) is 0.926. The summed E-state index contributed by atoms with van der Waals surface area (Å²) in [6, 6.07) is 8.66. The molecule has 1 aliphatic rings. The second kappa shape index (κ2) is 6.10. The molecule has 0 unspecified atom stereocenters. The van der Waals surface area contributed by atoms with E-state index in [9.17, 15) is 0 Å². The van der Waals surface area contributed by atoms with Crippen LogP contribution in [0.3, 0.4) is 0 Å². The summed E-state index contributed by atoms with van der Waals surface area (Å²) in [6.07, 6.45) is 3.63. The van der Waals surface area contributed by atoms with Crippen molar-refractivity contribution < 1.29 is 0 Å². The highest BCUT2D eigenvalue weighted by atomic mass is 15.3. The molecule has 0 bridgehead atoms. The van der Waals surface area contributed by atoms with Crippen molar-refractivity contribution in [3.8, 4) is 0 Å². The number of rotatable bonds is 3. The summed E-state index contributed by atoms with van der Waals surface area (Å²) in [5.41, 5.74) is 9.14. The van der Waals surface area contributed by atoms with E-state index in [0.29, 0.717) is 6.54 Å². The summed E-state index contributed by atoms with van der Waals surface area (Å²) >= 11 is 0. The van der Waals surface area contributed by atoms with Gasteiger partial charge in [0.25, 0.3) is 0 Å². The topological polar surface area (TPSA) is 58.3 Å². The molecule has 0 atom stereocenters. The van der Waals surface area contributed by atoms with Crippen molar-refractivity contribution in [2.24, 2.45) is 5.73 Å². The van der Waals surface area contributed by atoms with Gasteiger partial charge in [0.05, 0.1) is 0 Å². The number of piperazine rings is 1. The molecule has 2 aromatic rings. The average Bonchev–Trinajstić information content (AvgIpc) is 2.55. The zero-order valence-electron chi connectivity index (χ0n) is 12.4. The molecule has 0 spiro atoms. The van der Waals surface area contributed by atoms with Crippen molar-refractivity contribution in [1.82, 2.24) is 9.97 Å². The Morgan fingerprint density at radius 2 is 1.71 bits per heavy atom. The number of benzene rings is 1. The van der Waals surface area contributed by atoms with Gasteiger partial charge in [0.2, 0.25) is 5.95 Å². The van der Waals surface area contributed by atoms with Gasteiger partial charge in [-0.2, -0.15) is 0 Å². The Bertz CT molecular complexity index is 588. The van der Waals surface area contributed by atoms with Gasteiger partial charge in [-0.1, -0.05) is 12.1 Å². The van der Waals surface area contributed by atoms with Crippen molar-refractivity contribution in [2.75, 3.05) is 36.0 Å². The van der Waals surface area contributed by atoms with Crippen LogP contribution in [0.25, 0.3) is 0 Å². The van der Waals surface area contributed by atoms with Crippen LogP contribution in [-0.4, -0.2) is 36.1 Å². The third-order valence-electron chi connectivity index (χ3n) is 3.86. The standard InChI is InChI=1S/C16H21N5/c1-13-3-2-4-15(9-13)20-5-7-21(8-6-20)16-18-11-14(10-17)12-19-16/h2-4,9,11-12H,5-8,10,17H2,1H3. The van der Waals surface area contributed by atoms with Gasteiger partial charge < -0.3 is 15.5 Å². The zero-order valence-corrected chi connectivity index (χ0v) is 12.4. The van der Waals surface area contributed by atoms with Gasteiger partial charge in [-0.05, 0) is 24.6 Å². The maximum Gasteiger partial charge on any atom is 0.225 e. The third-order valence-corrected chi connectivity index (χ3v) is 3.86. The van der Waals surface area contributed by atoms with Crippen molar-refractivity contribution in [1.29, 1.82) is 0 Å². The maximum absolute atomic E-state index is 5.57. The molecule has 0 aliphatic carbocycles. The molecule has 1 aromatic heterocycles. The first-order valence-electron chi connectivity index (χ1n) is 7.34. The number of hydrogen-bond acceptors (Lipinski definition) is 5. The normalized spacial score (nSPS) is 15.3. The van der Waals surface area contributed by atoms with E-state index < -0.39 is 0 Å². The van der Waals surface area contributed by atoms with Gasteiger partial charge in [-0.15, -0.1) is 0 Å². The molecule has 3 rings (SSSR count). The van der Waals surface area contributed by atoms with Crippen molar-refractivity contribution >= 4 is 11.6 Å². The number of nitrogens with two attached hydrogens (primary N) is 1. The molecule has 2 heterocycles. The first-order valence-corrected chi connectivity index (χ1v) is 7.34. The van der Waals surface area contributed by atoms with Gasteiger partial charge in [-0.3, -0.25) is 0 Å². The lowest BCUT2D eigenvalue weighted by molar-refractivity contribution is 0.639. The Kier molecular flexibility index (Phi) is 4.01. The molecule has 1 aliphatic heterocycles. The molecule has 0 radical (unpaired) electrons. The minimum Gasteiger partial charge on any atom is -0.368 e. The van der Waals surface area contributed by atoms with Crippen LogP contribution in [0.4, 0.5) is 11.6 Å². The highest BCUT2D eigenvalue weighted by Crippen LogP contribution is 2.19. The molecule has 0 saturated carbocycles.